The fourth-order valence-corrected chi connectivity index (χ4v) is 1.64. The van der Waals surface area contributed by atoms with Crippen molar-refractivity contribution in [2.75, 3.05) is 5.73 Å². The van der Waals surface area contributed by atoms with Gasteiger partial charge in [-0.2, -0.15) is 0 Å². The number of hydrogen-bond acceptors (Lipinski definition) is 5. The van der Waals surface area contributed by atoms with Crippen LogP contribution in [0.4, 0.5) is 5.13 Å². The van der Waals surface area contributed by atoms with Crippen molar-refractivity contribution >= 4 is 32.4 Å². The van der Waals surface area contributed by atoms with Crippen molar-refractivity contribution in [1.82, 2.24) is 10.2 Å². The number of halogens is 1. The van der Waals surface area contributed by atoms with Crippen LogP contribution in [0.25, 0.3) is 10.8 Å². The van der Waals surface area contributed by atoms with Crippen LogP contribution < -0.4 is 5.73 Å². The molecular weight excluding hydrogens is 242 g/mol. The smallest absolute Gasteiger partial charge is 0.203 e. The summed E-state index contributed by atoms with van der Waals surface area (Å²) in [6.07, 6.45) is 0. The van der Waals surface area contributed by atoms with Crippen molar-refractivity contribution in [3.8, 4) is 10.8 Å². The van der Waals surface area contributed by atoms with E-state index in [1.807, 2.05) is 6.07 Å². The summed E-state index contributed by atoms with van der Waals surface area (Å²) in [4.78, 5) is 0. The minimum absolute atomic E-state index is 0.442. The van der Waals surface area contributed by atoms with Crippen LogP contribution in [0.15, 0.2) is 21.2 Å². The Morgan fingerprint density at radius 3 is 2.75 bits per heavy atom. The second-order valence-electron chi connectivity index (χ2n) is 2.05. The fraction of sp³-hybridized carbons (Fsp3) is 0. The summed E-state index contributed by atoms with van der Waals surface area (Å²) in [7, 11) is 0. The van der Waals surface area contributed by atoms with E-state index in [9.17, 15) is 0 Å². The highest BCUT2D eigenvalue weighted by Crippen LogP contribution is 2.27. The van der Waals surface area contributed by atoms with Crippen LogP contribution in [0.1, 0.15) is 0 Å². The number of nitrogens with zero attached hydrogens (tertiary/aromatic N) is 2. The summed E-state index contributed by atoms with van der Waals surface area (Å²) in [6, 6.07) is 3.61. The first-order valence-corrected chi connectivity index (χ1v) is 4.71. The molecule has 2 heterocycles. The van der Waals surface area contributed by atoms with Crippen LogP contribution in [-0.2, 0) is 0 Å². The molecule has 0 aliphatic heterocycles. The van der Waals surface area contributed by atoms with Gasteiger partial charge >= 0.3 is 0 Å². The molecule has 0 amide bonds. The van der Waals surface area contributed by atoms with Gasteiger partial charge in [-0.1, -0.05) is 11.3 Å². The van der Waals surface area contributed by atoms with E-state index in [2.05, 4.69) is 26.1 Å². The van der Waals surface area contributed by atoms with E-state index in [1.165, 1.54) is 11.3 Å². The van der Waals surface area contributed by atoms with E-state index in [0.717, 1.165) is 0 Å². The van der Waals surface area contributed by atoms with E-state index < -0.39 is 0 Å². The maximum atomic E-state index is 5.41. The molecule has 0 bridgehead atoms. The first-order valence-electron chi connectivity index (χ1n) is 3.10. The van der Waals surface area contributed by atoms with E-state index in [4.69, 9.17) is 10.2 Å². The number of furan rings is 1. The van der Waals surface area contributed by atoms with Crippen LogP contribution in [0.5, 0.6) is 0 Å². The highest BCUT2D eigenvalue weighted by atomic mass is 79.9. The molecule has 0 saturated heterocycles. The molecule has 0 saturated carbocycles. The van der Waals surface area contributed by atoms with Crippen LogP contribution in [0.3, 0.4) is 0 Å². The lowest BCUT2D eigenvalue weighted by molar-refractivity contribution is 0.555. The zero-order chi connectivity index (χ0) is 8.55. The van der Waals surface area contributed by atoms with Gasteiger partial charge in [0.15, 0.2) is 15.4 Å². The molecule has 0 unspecified atom stereocenters. The van der Waals surface area contributed by atoms with Crippen molar-refractivity contribution < 1.29 is 4.42 Å². The Bertz CT molecular complexity index is 359. The van der Waals surface area contributed by atoms with Gasteiger partial charge in [0.25, 0.3) is 0 Å². The number of nitrogens with two attached hydrogens (primary N) is 1. The summed E-state index contributed by atoms with van der Waals surface area (Å²) in [5.41, 5.74) is 5.41. The van der Waals surface area contributed by atoms with E-state index in [0.29, 0.717) is 20.6 Å². The SMILES string of the molecule is Nc1nnc(-c2ccc(Br)o2)s1. The third kappa shape index (κ3) is 1.35. The Kier molecular flexibility index (Phi) is 1.86. The standard InChI is InChI=1S/C6H4BrN3OS/c7-4-2-1-3(11-4)5-9-10-6(8)12-5/h1-2H,(H2,8,10). The second kappa shape index (κ2) is 2.87. The molecule has 0 aliphatic rings. The van der Waals surface area contributed by atoms with Crippen molar-refractivity contribution in [2.24, 2.45) is 0 Å². The Morgan fingerprint density at radius 1 is 1.42 bits per heavy atom. The third-order valence-electron chi connectivity index (χ3n) is 1.22. The van der Waals surface area contributed by atoms with Gasteiger partial charge in [-0.05, 0) is 28.1 Å². The van der Waals surface area contributed by atoms with Gasteiger partial charge in [0.05, 0.1) is 0 Å². The van der Waals surface area contributed by atoms with Crippen molar-refractivity contribution in [3.63, 3.8) is 0 Å². The largest absolute Gasteiger partial charge is 0.447 e. The maximum absolute atomic E-state index is 5.41. The molecule has 0 spiro atoms. The molecule has 6 heteroatoms. The van der Waals surface area contributed by atoms with Crippen LogP contribution >= 0.6 is 27.3 Å². The number of aromatic nitrogens is 2. The van der Waals surface area contributed by atoms with Gasteiger partial charge < -0.3 is 10.2 Å². The first kappa shape index (κ1) is 7.75. The van der Waals surface area contributed by atoms with Gasteiger partial charge in [-0.15, -0.1) is 10.2 Å². The van der Waals surface area contributed by atoms with E-state index in [1.54, 1.807) is 6.07 Å². The molecule has 62 valence electrons. The van der Waals surface area contributed by atoms with Crippen LogP contribution in [0.2, 0.25) is 0 Å². The molecule has 12 heavy (non-hydrogen) atoms. The number of nitrogen functional groups attached to an aromatic ring is 1. The monoisotopic (exact) mass is 245 g/mol. The number of rotatable bonds is 1. The van der Waals surface area contributed by atoms with Crippen LogP contribution in [0, 0.1) is 0 Å². The lowest BCUT2D eigenvalue weighted by atomic mass is 10.5. The van der Waals surface area contributed by atoms with E-state index in [-0.39, 0.29) is 0 Å². The highest BCUT2D eigenvalue weighted by Gasteiger charge is 2.07. The zero-order valence-electron chi connectivity index (χ0n) is 5.82. The molecule has 2 aromatic rings. The molecule has 0 aromatic carbocycles. The minimum atomic E-state index is 0.442. The molecule has 0 radical (unpaired) electrons. The van der Waals surface area contributed by atoms with Gasteiger partial charge in [0.2, 0.25) is 5.13 Å². The quantitative estimate of drug-likeness (QED) is 0.837. The molecule has 2 aromatic heterocycles. The van der Waals surface area contributed by atoms with Crippen molar-refractivity contribution in [2.45, 2.75) is 0 Å². The fourth-order valence-electron chi connectivity index (χ4n) is 0.763. The Morgan fingerprint density at radius 2 is 2.25 bits per heavy atom. The lowest BCUT2D eigenvalue weighted by Crippen LogP contribution is -1.79. The second-order valence-corrected chi connectivity index (χ2v) is 3.84. The molecule has 2 N–H and O–H groups in total. The average molecular weight is 246 g/mol. The number of anilines is 1. The summed E-state index contributed by atoms with van der Waals surface area (Å²) in [5, 5.41) is 8.64. The molecule has 0 atom stereocenters. The Balaban J connectivity index is 2.43. The zero-order valence-corrected chi connectivity index (χ0v) is 8.22. The topological polar surface area (TPSA) is 64.9 Å². The summed E-state index contributed by atoms with van der Waals surface area (Å²) in [6.45, 7) is 0. The van der Waals surface area contributed by atoms with Gasteiger partial charge in [-0.3, -0.25) is 0 Å². The van der Waals surface area contributed by atoms with E-state index >= 15 is 0 Å². The number of hydrogen-bond donors (Lipinski definition) is 1. The normalized spacial score (nSPS) is 10.4. The Labute approximate surface area is 80.5 Å². The minimum Gasteiger partial charge on any atom is -0.447 e. The maximum Gasteiger partial charge on any atom is 0.203 e. The van der Waals surface area contributed by atoms with Crippen LogP contribution in [-0.4, -0.2) is 10.2 Å². The van der Waals surface area contributed by atoms with Gasteiger partial charge in [-0.25, -0.2) is 0 Å². The van der Waals surface area contributed by atoms with Crippen molar-refractivity contribution in [1.29, 1.82) is 0 Å². The summed E-state index contributed by atoms with van der Waals surface area (Å²) < 4.78 is 5.92. The lowest BCUT2D eigenvalue weighted by Gasteiger charge is -1.83. The Hall–Kier alpha value is -0.880. The molecule has 0 aliphatic carbocycles. The third-order valence-corrected chi connectivity index (χ3v) is 2.42. The predicted octanol–water partition coefficient (Wildman–Crippen LogP) is 2.14. The predicted molar refractivity (Wildman–Crippen MR) is 49.7 cm³/mol. The first-order chi connectivity index (χ1) is 5.75. The summed E-state index contributed by atoms with van der Waals surface area (Å²) in [5.74, 6) is 0.677. The molecule has 0 fully saturated rings. The van der Waals surface area contributed by atoms with Crippen molar-refractivity contribution in [3.05, 3.63) is 16.8 Å². The van der Waals surface area contributed by atoms with Gasteiger partial charge in [0, 0.05) is 0 Å². The average Bonchev–Trinajstić information content (AvgIpc) is 2.58. The van der Waals surface area contributed by atoms with Gasteiger partial charge in [0.1, 0.15) is 0 Å². The molecular formula is C6H4BrN3OS. The molecule has 2 rings (SSSR count). The molecule has 4 nitrogen and oxygen atoms in total. The highest BCUT2D eigenvalue weighted by molar-refractivity contribution is 9.10. The summed E-state index contributed by atoms with van der Waals surface area (Å²) >= 11 is 4.49.